The Bertz CT molecular complexity index is 817. The van der Waals surface area contributed by atoms with Gasteiger partial charge >= 0.3 is 5.97 Å². The summed E-state index contributed by atoms with van der Waals surface area (Å²) < 4.78 is 6.73. The predicted octanol–water partition coefficient (Wildman–Crippen LogP) is 3.04. The normalized spacial score (nSPS) is 11.5. The second-order valence-electron chi connectivity index (χ2n) is 6.71. The van der Waals surface area contributed by atoms with Gasteiger partial charge in [0.2, 0.25) is 5.88 Å². The van der Waals surface area contributed by atoms with Gasteiger partial charge in [0.15, 0.2) is 5.54 Å². The standard InChI is InChI=1S/C17H21ClN4O4/c1-10(2)9-26-15-13(18)5-11(6-19-15)14(23)21-12-7-20-22(8-12)17(3,4)16(24)25/h5-8,10H,9H2,1-4H3,(H,21,23)(H,24,25). The van der Waals surface area contributed by atoms with Gasteiger partial charge in [0.05, 0.1) is 24.1 Å². The summed E-state index contributed by atoms with van der Waals surface area (Å²) in [5, 5.41) is 16.1. The fourth-order valence-electron chi connectivity index (χ4n) is 1.90. The Morgan fingerprint density at radius 2 is 2.08 bits per heavy atom. The number of aromatic nitrogens is 3. The van der Waals surface area contributed by atoms with Crippen LogP contribution in [0.5, 0.6) is 5.88 Å². The van der Waals surface area contributed by atoms with Crippen LogP contribution in [0.3, 0.4) is 0 Å². The van der Waals surface area contributed by atoms with Crippen molar-refractivity contribution in [2.24, 2.45) is 5.92 Å². The van der Waals surface area contributed by atoms with Gasteiger partial charge in [-0.05, 0) is 25.8 Å². The minimum atomic E-state index is -1.23. The van der Waals surface area contributed by atoms with E-state index in [4.69, 9.17) is 16.3 Å². The summed E-state index contributed by atoms with van der Waals surface area (Å²) in [6.07, 6.45) is 4.18. The van der Waals surface area contributed by atoms with Crippen molar-refractivity contribution < 1.29 is 19.4 Å². The maximum atomic E-state index is 12.3. The zero-order valence-corrected chi connectivity index (χ0v) is 15.7. The molecule has 0 aliphatic carbocycles. The fraction of sp³-hybridized carbons (Fsp3) is 0.412. The minimum absolute atomic E-state index is 0.237. The number of halogens is 1. The van der Waals surface area contributed by atoms with Gasteiger partial charge < -0.3 is 15.2 Å². The van der Waals surface area contributed by atoms with Crippen molar-refractivity contribution in [3.8, 4) is 5.88 Å². The number of hydrogen-bond donors (Lipinski definition) is 2. The molecule has 2 aromatic heterocycles. The van der Waals surface area contributed by atoms with Gasteiger partial charge in [-0.25, -0.2) is 9.78 Å². The summed E-state index contributed by atoms with van der Waals surface area (Å²) in [7, 11) is 0. The van der Waals surface area contributed by atoms with Crippen LogP contribution >= 0.6 is 11.6 Å². The average Bonchev–Trinajstić information content (AvgIpc) is 3.02. The molecule has 2 heterocycles. The number of carboxylic acids is 1. The van der Waals surface area contributed by atoms with Crippen molar-refractivity contribution in [3.63, 3.8) is 0 Å². The van der Waals surface area contributed by atoms with Gasteiger partial charge in [0, 0.05) is 12.4 Å². The highest BCUT2D eigenvalue weighted by molar-refractivity contribution is 6.32. The summed E-state index contributed by atoms with van der Waals surface area (Å²) >= 11 is 6.11. The molecular weight excluding hydrogens is 360 g/mol. The highest BCUT2D eigenvalue weighted by atomic mass is 35.5. The minimum Gasteiger partial charge on any atom is -0.479 e. The van der Waals surface area contributed by atoms with E-state index in [-0.39, 0.29) is 16.5 Å². The molecule has 0 aliphatic heterocycles. The van der Waals surface area contributed by atoms with E-state index in [2.05, 4.69) is 15.4 Å². The molecule has 0 saturated heterocycles. The lowest BCUT2D eigenvalue weighted by Gasteiger charge is -2.19. The first-order chi connectivity index (χ1) is 12.1. The zero-order chi connectivity index (χ0) is 19.5. The lowest BCUT2D eigenvalue weighted by Crippen LogP contribution is -2.35. The van der Waals surface area contributed by atoms with Crippen LogP contribution in [0.15, 0.2) is 24.7 Å². The third kappa shape index (κ3) is 4.51. The molecule has 0 aliphatic rings. The number of hydrogen-bond acceptors (Lipinski definition) is 5. The number of anilines is 1. The number of amides is 1. The quantitative estimate of drug-likeness (QED) is 0.764. The average molecular weight is 381 g/mol. The maximum Gasteiger partial charge on any atom is 0.331 e. The summed E-state index contributed by atoms with van der Waals surface area (Å²) in [5.41, 5.74) is -0.624. The van der Waals surface area contributed by atoms with Gasteiger partial charge in [-0.2, -0.15) is 5.10 Å². The van der Waals surface area contributed by atoms with Gasteiger partial charge in [-0.3, -0.25) is 9.48 Å². The number of carbonyl (C=O) groups excluding carboxylic acids is 1. The van der Waals surface area contributed by atoms with Crippen LogP contribution < -0.4 is 10.1 Å². The van der Waals surface area contributed by atoms with E-state index in [0.717, 1.165) is 0 Å². The SMILES string of the molecule is CC(C)COc1ncc(C(=O)Nc2cnn(C(C)(C)C(=O)O)c2)cc1Cl. The summed E-state index contributed by atoms with van der Waals surface area (Å²) in [5.74, 6) is -0.885. The largest absolute Gasteiger partial charge is 0.479 e. The molecule has 0 atom stereocenters. The molecule has 2 rings (SSSR count). The molecule has 0 saturated carbocycles. The molecule has 9 heteroatoms. The van der Waals surface area contributed by atoms with Crippen LogP contribution in [0.4, 0.5) is 5.69 Å². The number of carboxylic acid groups (broad SMARTS) is 1. The Morgan fingerprint density at radius 3 is 2.65 bits per heavy atom. The van der Waals surface area contributed by atoms with Crippen LogP contribution in [0.25, 0.3) is 0 Å². The van der Waals surface area contributed by atoms with Crippen molar-refractivity contribution in [3.05, 3.63) is 35.2 Å². The number of carbonyl (C=O) groups is 2. The highest BCUT2D eigenvalue weighted by Crippen LogP contribution is 2.24. The van der Waals surface area contributed by atoms with Crippen molar-refractivity contribution in [1.29, 1.82) is 0 Å². The third-order valence-electron chi connectivity index (χ3n) is 3.56. The first-order valence-electron chi connectivity index (χ1n) is 7.99. The third-order valence-corrected chi connectivity index (χ3v) is 3.83. The number of aliphatic carboxylic acids is 1. The molecule has 0 fully saturated rings. The van der Waals surface area contributed by atoms with Gasteiger partial charge in [-0.1, -0.05) is 25.4 Å². The predicted molar refractivity (Wildman–Crippen MR) is 96.7 cm³/mol. The molecular formula is C17H21ClN4O4. The molecule has 0 bridgehead atoms. The number of rotatable bonds is 7. The summed E-state index contributed by atoms with van der Waals surface area (Å²) in [6.45, 7) is 7.49. The van der Waals surface area contributed by atoms with Crippen LogP contribution in [0, 0.1) is 5.92 Å². The van der Waals surface area contributed by atoms with Gasteiger partial charge in [-0.15, -0.1) is 0 Å². The summed E-state index contributed by atoms with van der Waals surface area (Å²) in [6, 6.07) is 1.46. The van der Waals surface area contributed by atoms with Crippen LogP contribution in [0.1, 0.15) is 38.1 Å². The Labute approximate surface area is 156 Å². The second-order valence-corrected chi connectivity index (χ2v) is 7.11. The van der Waals surface area contributed by atoms with Crippen LogP contribution in [-0.4, -0.2) is 38.4 Å². The lowest BCUT2D eigenvalue weighted by molar-refractivity contribution is -0.146. The smallest absolute Gasteiger partial charge is 0.331 e. The molecule has 2 N–H and O–H groups in total. The first kappa shape index (κ1) is 19.7. The highest BCUT2D eigenvalue weighted by Gasteiger charge is 2.30. The Morgan fingerprint density at radius 1 is 1.38 bits per heavy atom. The van der Waals surface area contributed by atoms with E-state index in [0.29, 0.717) is 18.2 Å². The molecule has 8 nitrogen and oxygen atoms in total. The molecule has 2 aromatic rings. The van der Waals surface area contributed by atoms with Crippen LogP contribution in [-0.2, 0) is 10.3 Å². The second kappa shape index (κ2) is 7.74. The fourth-order valence-corrected chi connectivity index (χ4v) is 2.12. The Balaban J connectivity index is 2.10. The van der Waals surface area contributed by atoms with Crippen LogP contribution in [0.2, 0.25) is 5.02 Å². The number of pyridine rings is 1. The zero-order valence-electron chi connectivity index (χ0n) is 15.0. The molecule has 0 spiro atoms. The Hall–Kier alpha value is -2.61. The number of ether oxygens (including phenoxy) is 1. The maximum absolute atomic E-state index is 12.3. The summed E-state index contributed by atoms with van der Waals surface area (Å²) in [4.78, 5) is 27.7. The van der Waals surface area contributed by atoms with E-state index in [1.807, 2.05) is 13.8 Å². The number of nitrogens with zero attached hydrogens (tertiary/aromatic N) is 3. The molecule has 1 amide bonds. The number of nitrogens with one attached hydrogen (secondary N) is 1. The molecule has 26 heavy (non-hydrogen) atoms. The van der Waals surface area contributed by atoms with E-state index in [9.17, 15) is 14.7 Å². The van der Waals surface area contributed by atoms with E-state index >= 15 is 0 Å². The van der Waals surface area contributed by atoms with Crippen molar-refractivity contribution >= 4 is 29.2 Å². The Kier molecular flexibility index (Phi) is 5.86. The molecule has 140 valence electrons. The van der Waals surface area contributed by atoms with Crippen molar-refractivity contribution in [1.82, 2.24) is 14.8 Å². The van der Waals surface area contributed by atoms with E-state index < -0.39 is 17.4 Å². The van der Waals surface area contributed by atoms with Gasteiger partial charge in [0.1, 0.15) is 5.02 Å². The topological polar surface area (TPSA) is 106 Å². The lowest BCUT2D eigenvalue weighted by atomic mass is 10.1. The first-order valence-corrected chi connectivity index (χ1v) is 8.37. The molecule has 0 unspecified atom stereocenters. The molecule has 0 radical (unpaired) electrons. The molecule has 0 aromatic carbocycles. The van der Waals surface area contributed by atoms with E-state index in [1.165, 1.54) is 43.2 Å². The monoisotopic (exact) mass is 380 g/mol. The van der Waals surface area contributed by atoms with Crippen molar-refractivity contribution in [2.45, 2.75) is 33.2 Å². The van der Waals surface area contributed by atoms with Crippen molar-refractivity contribution in [2.75, 3.05) is 11.9 Å². The van der Waals surface area contributed by atoms with E-state index in [1.54, 1.807) is 0 Å². The van der Waals surface area contributed by atoms with Gasteiger partial charge in [0.25, 0.3) is 5.91 Å².